The first-order valence-electron chi connectivity index (χ1n) is 13.2. The molecular formula is C27H28Cl2N6O7. The highest BCUT2D eigenvalue weighted by atomic mass is 35.5. The summed E-state index contributed by atoms with van der Waals surface area (Å²) in [7, 11) is 0. The van der Waals surface area contributed by atoms with E-state index in [-0.39, 0.29) is 38.8 Å². The second-order valence-corrected chi connectivity index (χ2v) is 11.0. The van der Waals surface area contributed by atoms with Gasteiger partial charge < -0.3 is 14.2 Å². The molecule has 4 rings (SSSR count). The van der Waals surface area contributed by atoms with Crippen LogP contribution < -0.4 is 21.5 Å². The average molecular weight is 619 g/mol. The van der Waals surface area contributed by atoms with Crippen molar-refractivity contribution in [3.63, 3.8) is 0 Å². The van der Waals surface area contributed by atoms with Crippen LogP contribution in [0, 0.1) is 17.2 Å². The first-order valence-corrected chi connectivity index (χ1v) is 13.9. The van der Waals surface area contributed by atoms with Gasteiger partial charge in [-0.1, -0.05) is 50.9 Å². The predicted octanol–water partition coefficient (Wildman–Crippen LogP) is 3.90. The first-order chi connectivity index (χ1) is 19.9. The van der Waals surface area contributed by atoms with E-state index in [9.17, 15) is 24.4 Å². The molecule has 222 valence electrons. The minimum Gasteiger partial charge on any atom is -0.443 e. The molecule has 2 aromatic heterocycles. The molecule has 42 heavy (non-hydrogen) atoms. The summed E-state index contributed by atoms with van der Waals surface area (Å²) in [6, 6.07) is 5.71. The minimum atomic E-state index is -1.03. The topological polar surface area (TPSA) is 160 Å². The number of carbonyl (C=O) groups excluding carboxylic acids is 1. The lowest BCUT2D eigenvalue weighted by Crippen LogP contribution is -2.43. The van der Waals surface area contributed by atoms with Crippen LogP contribution in [0.5, 0.6) is 11.6 Å². The zero-order chi connectivity index (χ0) is 30.7. The second kappa shape index (κ2) is 12.9. The zero-order valence-corrected chi connectivity index (χ0v) is 24.8. The Bertz CT molecular complexity index is 1710. The standard InChI is InChI=1S/C27H28Cl2N6O7/c1-14(2)17-11-21(32-35(24(17)36)22-7-5-6-8-40-22)42-23-18(28)9-16(10-19(23)29)34-27(39)33(13-41-26(38)15(3)4)25(37)20(12-30)31-34/h9-11,14-15,22H,5-8,13H2,1-4H3. The summed E-state index contributed by atoms with van der Waals surface area (Å²) in [5.74, 6) is -1.27. The van der Waals surface area contributed by atoms with Crippen LogP contribution in [0.1, 0.15) is 70.4 Å². The third-order valence-electron chi connectivity index (χ3n) is 6.40. The van der Waals surface area contributed by atoms with Crippen molar-refractivity contribution in [1.82, 2.24) is 24.1 Å². The fraction of sp³-hybridized carbons (Fsp3) is 0.444. The molecule has 0 bridgehead atoms. The van der Waals surface area contributed by atoms with Crippen molar-refractivity contribution in [2.24, 2.45) is 5.92 Å². The molecule has 3 aromatic rings. The van der Waals surface area contributed by atoms with E-state index in [2.05, 4.69) is 10.2 Å². The molecule has 13 nitrogen and oxygen atoms in total. The summed E-state index contributed by atoms with van der Waals surface area (Å²) in [5.41, 5.74) is -2.49. The van der Waals surface area contributed by atoms with Gasteiger partial charge in [-0.25, -0.2) is 9.36 Å². The van der Waals surface area contributed by atoms with Crippen molar-refractivity contribution >= 4 is 29.2 Å². The second-order valence-electron chi connectivity index (χ2n) is 10.1. The van der Waals surface area contributed by atoms with E-state index >= 15 is 0 Å². The Hall–Kier alpha value is -3.99. The van der Waals surface area contributed by atoms with Crippen LogP contribution in [0.15, 0.2) is 32.6 Å². The molecule has 1 saturated heterocycles. The van der Waals surface area contributed by atoms with Crippen LogP contribution in [0.3, 0.4) is 0 Å². The molecule has 0 radical (unpaired) electrons. The third kappa shape index (κ3) is 6.41. The molecule has 0 amide bonds. The zero-order valence-electron chi connectivity index (χ0n) is 23.3. The maximum absolute atomic E-state index is 13.2. The quantitative estimate of drug-likeness (QED) is 0.338. The number of hydrogen-bond acceptors (Lipinski definition) is 10. The number of rotatable bonds is 8. The fourth-order valence-electron chi connectivity index (χ4n) is 4.12. The van der Waals surface area contributed by atoms with Gasteiger partial charge in [-0.3, -0.25) is 14.4 Å². The highest BCUT2D eigenvalue weighted by Crippen LogP contribution is 2.38. The van der Waals surface area contributed by atoms with Gasteiger partial charge in [0.2, 0.25) is 11.6 Å². The number of esters is 1. The van der Waals surface area contributed by atoms with Crippen LogP contribution >= 0.6 is 23.2 Å². The Balaban J connectivity index is 1.74. The number of benzene rings is 1. The van der Waals surface area contributed by atoms with Gasteiger partial charge >= 0.3 is 11.7 Å². The normalized spacial score (nSPS) is 15.1. The molecule has 1 fully saturated rings. The largest absolute Gasteiger partial charge is 0.443 e. The summed E-state index contributed by atoms with van der Waals surface area (Å²) < 4.78 is 19.3. The predicted molar refractivity (Wildman–Crippen MR) is 151 cm³/mol. The van der Waals surface area contributed by atoms with Gasteiger partial charge in [0.05, 0.1) is 21.7 Å². The number of hydrogen-bond donors (Lipinski definition) is 0. The summed E-state index contributed by atoms with van der Waals surface area (Å²) in [6.45, 7) is 6.69. The Morgan fingerprint density at radius 1 is 1.10 bits per heavy atom. The molecule has 3 heterocycles. The molecule has 15 heteroatoms. The number of halogens is 2. The molecule has 1 aliphatic rings. The lowest BCUT2D eigenvalue weighted by atomic mass is 10.1. The molecule has 1 aliphatic heterocycles. The summed E-state index contributed by atoms with van der Waals surface area (Å²) >= 11 is 13.0. The van der Waals surface area contributed by atoms with E-state index in [0.717, 1.165) is 17.5 Å². The Kier molecular flexibility index (Phi) is 9.50. The summed E-state index contributed by atoms with van der Waals surface area (Å²) in [6.07, 6.45) is 1.86. The minimum absolute atomic E-state index is 0.000750. The lowest BCUT2D eigenvalue weighted by Gasteiger charge is -2.24. The lowest BCUT2D eigenvalue weighted by molar-refractivity contribution is -0.151. The molecule has 0 N–H and O–H groups in total. The van der Waals surface area contributed by atoms with Crippen molar-refractivity contribution in [3.8, 4) is 23.4 Å². The van der Waals surface area contributed by atoms with Crippen LogP contribution in [0.4, 0.5) is 0 Å². The van der Waals surface area contributed by atoms with E-state index in [1.54, 1.807) is 19.9 Å². The van der Waals surface area contributed by atoms with Crippen molar-refractivity contribution < 1.29 is 19.0 Å². The van der Waals surface area contributed by atoms with Gasteiger partial charge in [0.15, 0.2) is 18.7 Å². The number of ether oxygens (including phenoxy) is 3. The molecule has 1 aromatic carbocycles. The van der Waals surface area contributed by atoms with Crippen LogP contribution in [-0.4, -0.2) is 36.7 Å². The Morgan fingerprint density at radius 2 is 1.79 bits per heavy atom. The highest BCUT2D eigenvalue weighted by molar-refractivity contribution is 6.37. The van der Waals surface area contributed by atoms with Gasteiger partial charge in [0, 0.05) is 18.2 Å². The van der Waals surface area contributed by atoms with Gasteiger partial charge in [-0.2, -0.15) is 14.6 Å². The Labute approximate surface area is 249 Å². The van der Waals surface area contributed by atoms with Crippen LogP contribution in [-0.2, 0) is 21.0 Å². The Morgan fingerprint density at radius 3 is 2.36 bits per heavy atom. The molecule has 0 spiro atoms. The number of nitrogens with zero attached hydrogens (tertiary/aromatic N) is 6. The van der Waals surface area contributed by atoms with Gasteiger partial charge in [0.1, 0.15) is 6.07 Å². The monoisotopic (exact) mass is 618 g/mol. The van der Waals surface area contributed by atoms with Gasteiger partial charge in [0.25, 0.3) is 11.1 Å². The van der Waals surface area contributed by atoms with E-state index < -0.39 is 41.8 Å². The van der Waals surface area contributed by atoms with Crippen molar-refractivity contribution in [3.05, 3.63) is 70.7 Å². The number of nitriles is 1. The van der Waals surface area contributed by atoms with E-state index in [4.69, 9.17) is 37.4 Å². The third-order valence-corrected chi connectivity index (χ3v) is 6.96. The maximum Gasteiger partial charge on any atom is 0.355 e. The van der Waals surface area contributed by atoms with Gasteiger partial charge in [-0.05, 0) is 37.3 Å². The highest BCUT2D eigenvalue weighted by Gasteiger charge is 2.24. The maximum atomic E-state index is 13.2. The number of aromatic nitrogens is 5. The molecular weight excluding hydrogens is 591 g/mol. The van der Waals surface area contributed by atoms with Crippen LogP contribution in [0.2, 0.25) is 10.0 Å². The SMILES string of the molecule is CC(C)C(=O)OCn1c(=O)c(C#N)nn(-c2cc(Cl)c(Oc3cc(C(C)C)c(=O)n(C4CCCCO4)n3)c(Cl)c2)c1=O. The van der Waals surface area contributed by atoms with Crippen molar-refractivity contribution in [2.45, 2.75) is 65.8 Å². The summed E-state index contributed by atoms with van der Waals surface area (Å²) in [4.78, 5) is 50.7. The molecule has 1 atom stereocenters. The van der Waals surface area contributed by atoms with Crippen LogP contribution in [0.25, 0.3) is 5.69 Å². The fourth-order valence-corrected chi connectivity index (χ4v) is 4.67. The molecule has 1 unspecified atom stereocenters. The smallest absolute Gasteiger partial charge is 0.355 e. The number of carbonyl (C=O) groups is 1. The molecule has 0 aliphatic carbocycles. The van der Waals surface area contributed by atoms with Gasteiger partial charge in [-0.15, -0.1) is 10.2 Å². The van der Waals surface area contributed by atoms with Crippen molar-refractivity contribution in [2.75, 3.05) is 6.61 Å². The first kappa shape index (κ1) is 31.0. The summed E-state index contributed by atoms with van der Waals surface area (Å²) in [5, 5.41) is 17.5. The molecule has 0 saturated carbocycles. The van der Waals surface area contributed by atoms with E-state index in [1.165, 1.54) is 22.9 Å². The van der Waals surface area contributed by atoms with E-state index in [1.807, 2.05) is 13.8 Å². The van der Waals surface area contributed by atoms with E-state index in [0.29, 0.717) is 23.2 Å². The van der Waals surface area contributed by atoms with Crippen molar-refractivity contribution in [1.29, 1.82) is 5.26 Å². The average Bonchev–Trinajstić information content (AvgIpc) is 2.95.